The molecule has 1 saturated heterocycles. The summed E-state index contributed by atoms with van der Waals surface area (Å²) in [6, 6.07) is 7.01. The van der Waals surface area contributed by atoms with Gasteiger partial charge in [0.1, 0.15) is 6.10 Å². The monoisotopic (exact) mass is 378 g/mol. The average Bonchev–Trinajstić information content (AvgIpc) is 2.49. The fourth-order valence-electron chi connectivity index (χ4n) is 2.08. The Kier molecular flexibility index (Phi) is 10.6. The van der Waals surface area contributed by atoms with Crippen LogP contribution in [0.1, 0.15) is 0 Å². The van der Waals surface area contributed by atoms with Crippen LogP contribution in [0.3, 0.4) is 0 Å². The van der Waals surface area contributed by atoms with E-state index in [0.29, 0.717) is 31.1 Å². The second kappa shape index (κ2) is 11.2. The normalized spacial score (nSPS) is 16.5. The van der Waals surface area contributed by atoms with E-state index in [2.05, 4.69) is 16.0 Å². The van der Waals surface area contributed by atoms with Crippen molar-refractivity contribution < 1.29 is 14.3 Å². The maximum atomic E-state index is 12.0. The summed E-state index contributed by atoms with van der Waals surface area (Å²) >= 11 is 0. The van der Waals surface area contributed by atoms with Crippen molar-refractivity contribution in [2.45, 2.75) is 6.10 Å². The Bertz CT molecular complexity index is 520. The standard InChI is InChI=1S/C15H22N4O3.2ClH/c1-19(2)10-14(20)17-11-3-5-12(6-4-11)18-15(21)13-9-16-7-8-22-13;;/h3-6,13,16H,7-10H2,1-2H3,(H,17,20)(H,18,21);2*1H. The lowest BCUT2D eigenvalue weighted by atomic mass is 10.2. The van der Waals surface area contributed by atoms with Gasteiger partial charge in [0.2, 0.25) is 5.91 Å². The Hall–Kier alpha value is -1.38. The Labute approximate surface area is 154 Å². The Balaban J connectivity index is 0.00000264. The van der Waals surface area contributed by atoms with Crippen LogP contribution in [0.2, 0.25) is 0 Å². The van der Waals surface area contributed by atoms with E-state index in [1.54, 1.807) is 29.2 Å². The first-order chi connectivity index (χ1) is 10.5. The van der Waals surface area contributed by atoms with Crippen molar-refractivity contribution in [2.75, 3.05) is 51.0 Å². The molecule has 2 rings (SSSR count). The number of nitrogens with one attached hydrogen (secondary N) is 3. The van der Waals surface area contributed by atoms with Crippen LogP contribution >= 0.6 is 24.8 Å². The lowest BCUT2D eigenvalue weighted by molar-refractivity contribution is -0.128. The van der Waals surface area contributed by atoms with Crippen molar-refractivity contribution in [3.63, 3.8) is 0 Å². The predicted octanol–water partition coefficient (Wildman–Crippen LogP) is 0.957. The minimum absolute atomic E-state index is 0. The molecule has 0 saturated carbocycles. The Morgan fingerprint density at radius 2 is 1.75 bits per heavy atom. The highest BCUT2D eigenvalue weighted by Crippen LogP contribution is 2.14. The molecule has 1 atom stereocenters. The van der Waals surface area contributed by atoms with Crippen LogP contribution in [0, 0.1) is 0 Å². The molecule has 136 valence electrons. The first kappa shape index (κ1) is 22.6. The van der Waals surface area contributed by atoms with Gasteiger partial charge in [0.05, 0.1) is 13.2 Å². The topological polar surface area (TPSA) is 82.7 Å². The summed E-state index contributed by atoms with van der Waals surface area (Å²) in [5, 5.41) is 8.70. The molecule has 1 fully saturated rings. The molecule has 24 heavy (non-hydrogen) atoms. The molecule has 0 bridgehead atoms. The molecule has 1 unspecified atom stereocenters. The van der Waals surface area contributed by atoms with Gasteiger partial charge in [-0.2, -0.15) is 0 Å². The first-order valence-electron chi connectivity index (χ1n) is 7.22. The summed E-state index contributed by atoms with van der Waals surface area (Å²) in [5.41, 5.74) is 1.37. The molecular weight excluding hydrogens is 355 g/mol. The van der Waals surface area contributed by atoms with E-state index in [-0.39, 0.29) is 36.6 Å². The van der Waals surface area contributed by atoms with Crippen molar-refractivity contribution >= 4 is 48.0 Å². The van der Waals surface area contributed by atoms with Crippen LogP contribution in [-0.4, -0.2) is 63.2 Å². The average molecular weight is 379 g/mol. The van der Waals surface area contributed by atoms with Crippen molar-refractivity contribution in [1.82, 2.24) is 10.2 Å². The number of anilines is 2. The van der Waals surface area contributed by atoms with Gasteiger partial charge in [-0.25, -0.2) is 0 Å². The highest BCUT2D eigenvalue weighted by atomic mass is 35.5. The van der Waals surface area contributed by atoms with Gasteiger partial charge < -0.3 is 25.6 Å². The van der Waals surface area contributed by atoms with Crippen LogP contribution in [0.4, 0.5) is 11.4 Å². The van der Waals surface area contributed by atoms with Gasteiger partial charge in [-0.1, -0.05) is 0 Å². The summed E-state index contributed by atoms with van der Waals surface area (Å²) in [4.78, 5) is 25.4. The minimum atomic E-state index is -0.465. The minimum Gasteiger partial charge on any atom is -0.366 e. The van der Waals surface area contributed by atoms with Gasteiger partial charge in [0.15, 0.2) is 0 Å². The molecule has 0 aromatic heterocycles. The molecule has 7 nitrogen and oxygen atoms in total. The van der Waals surface area contributed by atoms with Crippen molar-refractivity contribution in [3.05, 3.63) is 24.3 Å². The maximum absolute atomic E-state index is 12.0. The van der Waals surface area contributed by atoms with Crippen molar-refractivity contribution in [1.29, 1.82) is 0 Å². The number of carbonyl (C=O) groups is 2. The second-order valence-corrected chi connectivity index (χ2v) is 5.42. The van der Waals surface area contributed by atoms with Crippen LogP contribution in [-0.2, 0) is 14.3 Å². The lowest BCUT2D eigenvalue weighted by Crippen LogP contribution is -2.45. The molecule has 1 aliphatic rings. The number of ether oxygens (including phenoxy) is 1. The number of hydrogen-bond donors (Lipinski definition) is 3. The summed E-state index contributed by atoms with van der Waals surface area (Å²) < 4.78 is 5.39. The van der Waals surface area contributed by atoms with Crippen LogP contribution in [0.5, 0.6) is 0 Å². The fraction of sp³-hybridized carbons (Fsp3) is 0.467. The number of likely N-dealkylation sites (N-methyl/N-ethyl adjacent to an activating group) is 1. The fourth-order valence-corrected chi connectivity index (χ4v) is 2.08. The van der Waals surface area contributed by atoms with Gasteiger partial charge in [-0.3, -0.25) is 9.59 Å². The number of halogens is 2. The highest BCUT2D eigenvalue weighted by Gasteiger charge is 2.21. The van der Waals surface area contributed by atoms with E-state index in [1.807, 2.05) is 14.1 Å². The molecular formula is C15H24Cl2N4O3. The van der Waals surface area contributed by atoms with E-state index in [4.69, 9.17) is 4.74 Å². The first-order valence-corrected chi connectivity index (χ1v) is 7.22. The predicted molar refractivity (Wildman–Crippen MR) is 99.4 cm³/mol. The number of morpholine rings is 1. The molecule has 1 aliphatic heterocycles. The molecule has 0 aliphatic carbocycles. The molecule has 9 heteroatoms. The Morgan fingerprint density at radius 1 is 1.17 bits per heavy atom. The smallest absolute Gasteiger partial charge is 0.254 e. The zero-order valence-corrected chi connectivity index (χ0v) is 15.3. The number of benzene rings is 1. The van der Waals surface area contributed by atoms with Crippen LogP contribution in [0.15, 0.2) is 24.3 Å². The van der Waals surface area contributed by atoms with E-state index in [9.17, 15) is 9.59 Å². The molecule has 1 heterocycles. The third kappa shape index (κ3) is 7.46. The summed E-state index contributed by atoms with van der Waals surface area (Å²) in [5.74, 6) is -0.250. The largest absolute Gasteiger partial charge is 0.366 e. The zero-order chi connectivity index (χ0) is 15.9. The quantitative estimate of drug-likeness (QED) is 0.710. The van der Waals surface area contributed by atoms with Gasteiger partial charge in [0.25, 0.3) is 5.91 Å². The summed E-state index contributed by atoms with van der Waals surface area (Å²) in [6.45, 7) is 2.15. The number of amides is 2. The van der Waals surface area contributed by atoms with Gasteiger partial charge in [-0.05, 0) is 38.4 Å². The third-order valence-electron chi connectivity index (χ3n) is 3.12. The van der Waals surface area contributed by atoms with Gasteiger partial charge in [0, 0.05) is 24.5 Å². The lowest BCUT2D eigenvalue weighted by Gasteiger charge is -2.22. The molecule has 2 amide bonds. The number of carbonyl (C=O) groups excluding carboxylic acids is 2. The second-order valence-electron chi connectivity index (χ2n) is 5.42. The SMILES string of the molecule is CN(C)CC(=O)Nc1ccc(NC(=O)C2CNCCO2)cc1.Cl.Cl. The number of nitrogens with zero attached hydrogens (tertiary/aromatic N) is 1. The van der Waals surface area contributed by atoms with Gasteiger partial charge >= 0.3 is 0 Å². The molecule has 1 aromatic carbocycles. The van der Waals surface area contributed by atoms with E-state index in [1.165, 1.54) is 0 Å². The molecule has 0 spiro atoms. The summed E-state index contributed by atoms with van der Waals surface area (Å²) in [6.07, 6.45) is -0.465. The molecule has 3 N–H and O–H groups in total. The third-order valence-corrected chi connectivity index (χ3v) is 3.12. The Morgan fingerprint density at radius 3 is 2.25 bits per heavy atom. The number of hydrogen-bond acceptors (Lipinski definition) is 5. The van der Waals surface area contributed by atoms with E-state index >= 15 is 0 Å². The van der Waals surface area contributed by atoms with E-state index in [0.717, 1.165) is 6.54 Å². The van der Waals surface area contributed by atoms with Crippen LogP contribution < -0.4 is 16.0 Å². The van der Waals surface area contributed by atoms with Crippen molar-refractivity contribution in [2.24, 2.45) is 0 Å². The molecule has 1 aromatic rings. The van der Waals surface area contributed by atoms with Gasteiger partial charge in [-0.15, -0.1) is 24.8 Å². The van der Waals surface area contributed by atoms with Crippen molar-refractivity contribution in [3.8, 4) is 0 Å². The highest BCUT2D eigenvalue weighted by molar-refractivity contribution is 5.95. The van der Waals surface area contributed by atoms with Crippen LogP contribution in [0.25, 0.3) is 0 Å². The van der Waals surface area contributed by atoms with E-state index < -0.39 is 6.10 Å². The zero-order valence-electron chi connectivity index (χ0n) is 13.7. The number of rotatable bonds is 5. The molecule has 0 radical (unpaired) electrons. The maximum Gasteiger partial charge on any atom is 0.254 e. The summed E-state index contributed by atoms with van der Waals surface area (Å²) in [7, 11) is 3.67.